The zero-order chi connectivity index (χ0) is 26.8. The maximum atomic E-state index is 14.2. The maximum absolute atomic E-state index is 14.2. The van der Waals surface area contributed by atoms with Gasteiger partial charge in [0, 0.05) is 10.6 Å². The molecule has 1 aliphatic heterocycles. The molecule has 1 aliphatic rings. The van der Waals surface area contributed by atoms with E-state index in [1.807, 2.05) is 0 Å². The van der Waals surface area contributed by atoms with Crippen LogP contribution in [0, 0.1) is 11.2 Å². The van der Waals surface area contributed by atoms with E-state index in [0.29, 0.717) is 36.5 Å². The minimum atomic E-state index is -4.71. The molecule has 3 aromatic carbocycles. The molecule has 4 rings (SSSR count). The van der Waals surface area contributed by atoms with Crippen LogP contribution >= 0.6 is 11.6 Å². The average Bonchev–Trinajstić information content (AvgIpc) is 2.86. The monoisotopic (exact) mass is 554 g/mol. The molecule has 11 heteroatoms. The number of aryl methyl sites for hydroxylation is 1. The number of nitrogens with zero attached hydrogens (tertiary/aromatic N) is 1. The van der Waals surface area contributed by atoms with Gasteiger partial charge in [0.05, 0.1) is 22.7 Å². The second-order valence-corrected chi connectivity index (χ2v) is 10.9. The molecule has 0 radical (unpaired) electrons. The summed E-state index contributed by atoms with van der Waals surface area (Å²) in [6, 6.07) is 12.9. The van der Waals surface area contributed by atoms with Gasteiger partial charge in [-0.05, 0) is 79.9 Å². The summed E-state index contributed by atoms with van der Waals surface area (Å²) in [4.78, 5) is -0.496. The van der Waals surface area contributed by atoms with Gasteiger partial charge in [0.15, 0.2) is 0 Å². The zero-order valence-corrected chi connectivity index (χ0v) is 21.0. The molecular weight excluding hydrogens is 532 g/mol. The number of hydrogen-bond donors (Lipinski definition) is 1. The van der Waals surface area contributed by atoms with Crippen molar-refractivity contribution in [2.75, 3.05) is 10.8 Å². The molecular formula is C26H23ClF4N2O3S. The molecule has 1 atom stereocenters. The van der Waals surface area contributed by atoms with Crippen LogP contribution in [0.3, 0.4) is 0 Å². The van der Waals surface area contributed by atoms with Gasteiger partial charge in [-0.2, -0.15) is 13.2 Å². The molecule has 0 unspecified atom stereocenters. The average molecular weight is 555 g/mol. The van der Waals surface area contributed by atoms with Crippen LogP contribution in [0.15, 0.2) is 65.6 Å². The van der Waals surface area contributed by atoms with E-state index in [9.17, 15) is 26.0 Å². The quantitative estimate of drug-likeness (QED) is 0.250. The molecule has 0 spiro atoms. The highest BCUT2D eigenvalue weighted by Crippen LogP contribution is 2.40. The van der Waals surface area contributed by atoms with Gasteiger partial charge in [-0.15, -0.1) is 0 Å². The lowest BCUT2D eigenvalue weighted by Gasteiger charge is -2.36. The Morgan fingerprint density at radius 1 is 1.08 bits per heavy atom. The number of alkyl halides is 3. The topological polar surface area (TPSA) is 70.5 Å². The highest BCUT2D eigenvalue weighted by molar-refractivity contribution is 7.92. The highest BCUT2D eigenvalue weighted by atomic mass is 35.5. The predicted octanol–water partition coefficient (Wildman–Crippen LogP) is 6.67. The Bertz CT molecular complexity index is 1390. The normalized spacial score (nSPS) is 15.7. The van der Waals surface area contributed by atoms with Crippen molar-refractivity contribution in [3.05, 3.63) is 88.2 Å². The van der Waals surface area contributed by atoms with Crippen LogP contribution in [0.25, 0.3) is 0 Å². The van der Waals surface area contributed by atoms with Gasteiger partial charge in [0.25, 0.3) is 10.0 Å². The van der Waals surface area contributed by atoms with Crippen molar-refractivity contribution in [2.24, 2.45) is 0 Å². The van der Waals surface area contributed by atoms with E-state index in [2.05, 4.69) is 0 Å². The second kappa shape index (κ2) is 10.7. The molecule has 196 valence electrons. The second-order valence-electron chi connectivity index (χ2n) is 8.59. The Kier molecular flexibility index (Phi) is 7.80. The smallest absolute Gasteiger partial charge is 0.416 e. The van der Waals surface area contributed by atoms with Gasteiger partial charge in [-0.25, -0.2) is 12.8 Å². The number of anilines is 1. The lowest BCUT2D eigenvalue weighted by Crippen LogP contribution is -2.43. The lowest BCUT2D eigenvalue weighted by atomic mass is 10.0. The van der Waals surface area contributed by atoms with Crippen molar-refractivity contribution in [1.29, 1.82) is 5.41 Å². The molecule has 0 aromatic heterocycles. The summed E-state index contributed by atoms with van der Waals surface area (Å²) in [5, 5.41) is 7.56. The summed E-state index contributed by atoms with van der Waals surface area (Å²) < 4.78 is 88.3. The summed E-state index contributed by atoms with van der Waals surface area (Å²) in [6.07, 6.45) is -2.83. The molecule has 5 nitrogen and oxygen atoms in total. The Morgan fingerprint density at radius 2 is 1.84 bits per heavy atom. The van der Waals surface area contributed by atoms with Gasteiger partial charge in [0.1, 0.15) is 17.7 Å². The lowest BCUT2D eigenvalue weighted by molar-refractivity contribution is -0.137. The Hall–Kier alpha value is -3.11. The van der Waals surface area contributed by atoms with E-state index < -0.39 is 38.6 Å². The van der Waals surface area contributed by atoms with Gasteiger partial charge >= 0.3 is 6.18 Å². The molecule has 0 aliphatic carbocycles. The zero-order valence-electron chi connectivity index (χ0n) is 19.4. The van der Waals surface area contributed by atoms with Crippen LogP contribution in [0.2, 0.25) is 5.02 Å². The van der Waals surface area contributed by atoms with Crippen LogP contribution in [0.1, 0.15) is 29.5 Å². The molecule has 37 heavy (non-hydrogen) atoms. The van der Waals surface area contributed by atoms with Gasteiger partial charge < -0.3 is 10.1 Å². The van der Waals surface area contributed by atoms with Crippen LogP contribution in [-0.4, -0.2) is 27.3 Å². The number of ether oxygens (including phenoxy) is 1. The van der Waals surface area contributed by atoms with Crippen molar-refractivity contribution in [3.8, 4) is 5.75 Å². The SMILES string of the molecule is N=CCC[C@H]1CN(S(=O)(=O)c2cccc(C(F)(F)F)c2)c2cc(CCc3c(F)cccc3Cl)ccc2O1. The van der Waals surface area contributed by atoms with Gasteiger partial charge in [0.2, 0.25) is 0 Å². The molecule has 1 N–H and O–H groups in total. The molecule has 0 saturated heterocycles. The van der Waals surface area contributed by atoms with E-state index >= 15 is 0 Å². The first-order valence-corrected chi connectivity index (χ1v) is 13.2. The minimum Gasteiger partial charge on any atom is -0.486 e. The van der Waals surface area contributed by atoms with Crippen LogP contribution in [-0.2, 0) is 29.0 Å². The van der Waals surface area contributed by atoms with E-state index in [0.717, 1.165) is 22.5 Å². The van der Waals surface area contributed by atoms with Gasteiger partial charge in [-0.3, -0.25) is 4.31 Å². The van der Waals surface area contributed by atoms with Crippen molar-refractivity contribution in [2.45, 2.75) is 42.9 Å². The highest BCUT2D eigenvalue weighted by Gasteiger charge is 2.37. The number of sulfonamides is 1. The van der Waals surface area contributed by atoms with Crippen molar-refractivity contribution < 1.29 is 30.7 Å². The first-order valence-electron chi connectivity index (χ1n) is 11.4. The van der Waals surface area contributed by atoms with Crippen LogP contribution in [0.5, 0.6) is 5.75 Å². The summed E-state index contributed by atoms with van der Waals surface area (Å²) in [5.41, 5.74) is 0.112. The summed E-state index contributed by atoms with van der Waals surface area (Å²) >= 11 is 6.12. The third-order valence-corrected chi connectivity index (χ3v) is 8.19. The first-order chi connectivity index (χ1) is 17.5. The van der Waals surface area contributed by atoms with Crippen molar-refractivity contribution in [3.63, 3.8) is 0 Å². The fourth-order valence-corrected chi connectivity index (χ4v) is 5.96. The first kappa shape index (κ1) is 26.9. The molecule has 1 heterocycles. The molecule has 0 fully saturated rings. The largest absolute Gasteiger partial charge is 0.486 e. The van der Waals surface area contributed by atoms with E-state index in [4.69, 9.17) is 21.7 Å². The molecule has 0 amide bonds. The number of rotatable bonds is 8. The fourth-order valence-electron chi connectivity index (χ4n) is 4.16. The molecule has 0 bridgehead atoms. The molecule has 3 aromatic rings. The maximum Gasteiger partial charge on any atom is 0.416 e. The Morgan fingerprint density at radius 3 is 2.54 bits per heavy atom. The van der Waals surface area contributed by atoms with Crippen LogP contribution < -0.4 is 9.04 Å². The van der Waals surface area contributed by atoms with Crippen molar-refractivity contribution >= 4 is 33.5 Å². The number of benzene rings is 3. The Labute approximate surface area is 217 Å². The van der Waals surface area contributed by atoms with E-state index in [-0.39, 0.29) is 29.4 Å². The standard InChI is InChI=1S/C26H23ClF4N2O3S/c27-22-7-2-8-23(28)21(22)11-9-17-10-12-25-24(14-17)33(16-19(36-25)5-3-13-32)37(34,35)20-6-1-4-18(15-20)26(29,30)31/h1-2,4,6-8,10,12-15,19,32H,3,5,9,11,16H2/t19-/m0/s1. The number of fused-ring (bicyclic) bond motifs is 1. The van der Waals surface area contributed by atoms with E-state index in [1.54, 1.807) is 24.3 Å². The predicted molar refractivity (Wildman–Crippen MR) is 134 cm³/mol. The third-order valence-electron chi connectivity index (χ3n) is 6.06. The Balaban J connectivity index is 1.71. The summed E-state index contributed by atoms with van der Waals surface area (Å²) in [6.45, 7) is -0.137. The van der Waals surface area contributed by atoms with Crippen molar-refractivity contribution in [1.82, 2.24) is 0 Å². The summed E-state index contributed by atoms with van der Waals surface area (Å²) in [5.74, 6) is -0.193. The van der Waals surface area contributed by atoms with E-state index in [1.165, 1.54) is 18.3 Å². The van der Waals surface area contributed by atoms with Gasteiger partial charge in [-0.1, -0.05) is 29.8 Å². The minimum absolute atomic E-state index is 0.137. The number of hydrogen-bond acceptors (Lipinski definition) is 4. The molecule has 0 saturated carbocycles. The fraction of sp³-hybridized carbons (Fsp3) is 0.269. The number of halogens is 5. The third kappa shape index (κ3) is 5.91. The number of nitrogens with one attached hydrogen (secondary N) is 1. The summed E-state index contributed by atoms with van der Waals surface area (Å²) in [7, 11) is -4.40. The van der Waals surface area contributed by atoms with Crippen LogP contribution in [0.4, 0.5) is 23.2 Å².